The zero-order valence-electron chi connectivity index (χ0n) is 21.0. The van der Waals surface area contributed by atoms with E-state index in [-0.39, 0.29) is 24.7 Å². The fourth-order valence-corrected chi connectivity index (χ4v) is 4.41. The van der Waals surface area contributed by atoms with Gasteiger partial charge in [-0.1, -0.05) is 43.7 Å². The van der Waals surface area contributed by atoms with Crippen LogP contribution in [0.4, 0.5) is 11.4 Å². The molecule has 0 saturated carbocycles. The highest BCUT2D eigenvalue weighted by atomic mass is 32.2. The molecule has 2 amide bonds. The molecule has 0 radical (unpaired) electrons. The zero-order chi connectivity index (χ0) is 27.3. The number of anilines is 2. The second-order valence-electron chi connectivity index (χ2n) is 8.43. The molecule has 3 aromatic rings. The molecule has 8 nitrogen and oxygen atoms in total. The summed E-state index contributed by atoms with van der Waals surface area (Å²) in [5.74, 6) is -2.03. The lowest BCUT2D eigenvalue weighted by Gasteiger charge is -2.17. The minimum absolute atomic E-state index is 0.108. The highest BCUT2D eigenvalue weighted by Gasteiger charge is 2.22. The Morgan fingerprint density at radius 1 is 0.842 bits per heavy atom. The molecule has 0 spiro atoms. The number of rotatable bonds is 13. The number of unbranched alkanes of at least 4 members (excludes halogenated alkanes) is 1. The first-order chi connectivity index (χ1) is 18.4. The number of thioether (sulfide) groups is 1. The monoisotopic (exact) mass is 534 g/mol. The number of nitrogens with one attached hydrogen (secondary N) is 2. The van der Waals surface area contributed by atoms with Crippen LogP contribution in [0.5, 0.6) is 0 Å². The number of benzene rings is 3. The fourth-order valence-electron chi connectivity index (χ4n) is 3.39. The molecule has 0 heterocycles. The number of carbonyl (C=O) groups excluding carboxylic acids is 3. The first-order valence-corrected chi connectivity index (χ1v) is 13.1. The van der Waals surface area contributed by atoms with Crippen LogP contribution in [0.1, 0.15) is 53.8 Å². The van der Waals surface area contributed by atoms with Crippen molar-refractivity contribution < 1.29 is 29.0 Å². The first-order valence-electron chi connectivity index (χ1n) is 12.3. The van der Waals surface area contributed by atoms with Crippen molar-refractivity contribution in [1.82, 2.24) is 0 Å². The van der Waals surface area contributed by atoms with Gasteiger partial charge in [-0.2, -0.15) is 0 Å². The summed E-state index contributed by atoms with van der Waals surface area (Å²) in [7, 11) is 0. The van der Waals surface area contributed by atoms with Crippen LogP contribution in [0.15, 0.2) is 83.8 Å². The maximum absolute atomic E-state index is 13.3. The molecule has 38 heavy (non-hydrogen) atoms. The third-order valence-electron chi connectivity index (χ3n) is 5.42. The van der Waals surface area contributed by atoms with Gasteiger partial charge in [-0.05, 0) is 60.5 Å². The Kier molecular flexibility index (Phi) is 10.9. The first kappa shape index (κ1) is 28.5. The SMILES string of the molecule is CCCCOC(=O)c1ccc(NC(=O)C(Sc2ccc(NC(=O)CCC(=O)O)cc2)c2ccccc2)cc1. The van der Waals surface area contributed by atoms with E-state index >= 15 is 0 Å². The number of amides is 2. The second kappa shape index (κ2) is 14.6. The molecule has 3 rings (SSSR count). The molecule has 9 heteroatoms. The number of carbonyl (C=O) groups is 4. The van der Waals surface area contributed by atoms with E-state index in [4.69, 9.17) is 9.84 Å². The predicted molar refractivity (Wildman–Crippen MR) is 147 cm³/mol. The van der Waals surface area contributed by atoms with Gasteiger partial charge < -0.3 is 20.5 Å². The second-order valence-corrected chi connectivity index (χ2v) is 9.61. The summed E-state index contributed by atoms with van der Waals surface area (Å²) in [6, 6.07) is 23.0. The normalized spacial score (nSPS) is 11.3. The maximum Gasteiger partial charge on any atom is 0.338 e. The molecule has 0 aliphatic rings. The Hall–Kier alpha value is -4.11. The summed E-state index contributed by atoms with van der Waals surface area (Å²) in [4.78, 5) is 48.8. The summed E-state index contributed by atoms with van der Waals surface area (Å²) in [5.41, 5.74) is 2.33. The van der Waals surface area contributed by atoms with Crippen molar-refractivity contribution in [1.29, 1.82) is 0 Å². The van der Waals surface area contributed by atoms with Crippen LogP contribution in [0, 0.1) is 0 Å². The van der Waals surface area contributed by atoms with Crippen LogP contribution in [0.2, 0.25) is 0 Å². The smallest absolute Gasteiger partial charge is 0.338 e. The predicted octanol–water partition coefficient (Wildman–Crippen LogP) is 5.92. The summed E-state index contributed by atoms with van der Waals surface area (Å²) in [6.45, 7) is 2.40. The summed E-state index contributed by atoms with van der Waals surface area (Å²) in [5, 5.41) is 13.7. The van der Waals surface area contributed by atoms with E-state index in [0.29, 0.717) is 23.5 Å². The van der Waals surface area contributed by atoms with Crippen molar-refractivity contribution in [2.75, 3.05) is 17.2 Å². The van der Waals surface area contributed by atoms with Crippen LogP contribution in [0.25, 0.3) is 0 Å². The van der Waals surface area contributed by atoms with Crippen molar-refractivity contribution in [2.45, 2.75) is 42.8 Å². The van der Waals surface area contributed by atoms with E-state index < -0.39 is 17.2 Å². The molecule has 0 aromatic heterocycles. The van der Waals surface area contributed by atoms with Crippen molar-refractivity contribution in [2.24, 2.45) is 0 Å². The number of ether oxygens (including phenoxy) is 1. The molecule has 0 fully saturated rings. The Bertz CT molecular complexity index is 1230. The topological polar surface area (TPSA) is 122 Å². The van der Waals surface area contributed by atoms with Crippen LogP contribution < -0.4 is 10.6 Å². The third-order valence-corrected chi connectivity index (χ3v) is 6.68. The van der Waals surface area contributed by atoms with Gasteiger partial charge in [0.1, 0.15) is 5.25 Å². The zero-order valence-corrected chi connectivity index (χ0v) is 21.8. The van der Waals surface area contributed by atoms with Gasteiger partial charge in [0.05, 0.1) is 18.6 Å². The van der Waals surface area contributed by atoms with Gasteiger partial charge in [0, 0.05) is 22.7 Å². The summed E-state index contributed by atoms with van der Waals surface area (Å²) in [6.07, 6.45) is 1.40. The Labute approximate surface area is 225 Å². The van der Waals surface area contributed by atoms with Gasteiger partial charge >= 0.3 is 11.9 Å². The number of esters is 1. The van der Waals surface area contributed by atoms with Gasteiger partial charge in [-0.25, -0.2) is 4.79 Å². The Balaban J connectivity index is 1.67. The van der Waals surface area contributed by atoms with Crippen LogP contribution >= 0.6 is 11.8 Å². The van der Waals surface area contributed by atoms with E-state index in [1.165, 1.54) is 11.8 Å². The molecule has 198 valence electrons. The van der Waals surface area contributed by atoms with E-state index in [1.807, 2.05) is 37.3 Å². The highest BCUT2D eigenvalue weighted by molar-refractivity contribution is 8.00. The lowest BCUT2D eigenvalue weighted by atomic mass is 10.1. The van der Waals surface area contributed by atoms with Crippen molar-refractivity contribution >= 4 is 46.9 Å². The quantitative estimate of drug-likeness (QED) is 0.141. The third kappa shape index (κ3) is 9.08. The molecule has 3 N–H and O–H groups in total. The molecule has 1 atom stereocenters. The van der Waals surface area contributed by atoms with Gasteiger partial charge in [-0.3, -0.25) is 14.4 Å². The van der Waals surface area contributed by atoms with Gasteiger partial charge in [0.2, 0.25) is 11.8 Å². The number of carboxylic acids is 1. The molecule has 1 unspecified atom stereocenters. The number of carboxylic acid groups (broad SMARTS) is 1. The minimum Gasteiger partial charge on any atom is -0.481 e. The van der Waals surface area contributed by atoms with Crippen molar-refractivity contribution in [3.8, 4) is 0 Å². The van der Waals surface area contributed by atoms with E-state index in [9.17, 15) is 19.2 Å². The lowest BCUT2D eigenvalue weighted by Crippen LogP contribution is -2.19. The summed E-state index contributed by atoms with van der Waals surface area (Å²) < 4.78 is 5.23. The minimum atomic E-state index is -1.03. The van der Waals surface area contributed by atoms with Crippen molar-refractivity contribution in [3.63, 3.8) is 0 Å². The van der Waals surface area contributed by atoms with Crippen LogP contribution in [0.3, 0.4) is 0 Å². The van der Waals surface area contributed by atoms with Gasteiger partial charge in [0.25, 0.3) is 0 Å². The maximum atomic E-state index is 13.3. The highest BCUT2D eigenvalue weighted by Crippen LogP contribution is 2.36. The Morgan fingerprint density at radius 3 is 2.11 bits per heavy atom. The number of hydrogen-bond donors (Lipinski definition) is 3. The standard InChI is InChI=1S/C29H30N2O6S/c1-2-3-19-37-29(36)21-9-11-23(12-10-21)31-28(35)27(20-7-5-4-6-8-20)38-24-15-13-22(14-16-24)30-25(32)17-18-26(33)34/h4-16,27H,2-3,17-19H2,1H3,(H,30,32)(H,31,35)(H,33,34). The lowest BCUT2D eigenvalue weighted by molar-refractivity contribution is -0.138. The molecule has 0 bridgehead atoms. The number of aliphatic carboxylic acids is 1. The fraction of sp³-hybridized carbons (Fsp3) is 0.241. The summed E-state index contributed by atoms with van der Waals surface area (Å²) >= 11 is 1.35. The largest absolute Gasteiger partial charge is 0.481 e. The van der Waals surface area contributed by atoms with Gasteiger partial charge in [-0.15, -0.1) is 11.8 Å². The number of hydrogen-bond acceptors (Lipinski definition) is 6. The van der Waals surface area contributed by atoms with Crippen LogP contribution in [-0.4, -0.2) is 35.5 Å². The Morgan fingerprint density at radius 2 is 1.47 bits per heavy atom. The van der Waals surface area contributed by atoms with E-state index in [1.54, 1.807) is 48.5 Å². The molecule has 0 aliphatic heterocycles. The van der Waals surface area contributed by atoms with Crippen molar-refractivity contribution in [3.05, 3.63) is 90.0 Å². The molecule has 0 saturated heterocycles. The molecule has 3 aromatic carbocycles. The van der Waals surface area contributed by atoms with Gasteiger partial charge in [0.15, 0.2) is 0 Å². The van der Waals surface area contributed by atoms with Crippen LogP contribution in [-0.2, 0) is 19.1 Å². The average Bonchev–Trinajstić information content (AvgIpc) is 2.92. The molecule has 0 aliphatic carbocycles. The molecular formula is C29H30N2O6S. The molecular weight excluding hydrogens is 504 g/mol. The van der Waals surface area contributed by atoms with E-state index in [2.05, 4.69) is 10.6 Å². The average molecular weight is 535 g/mol. The van der Waals surface area contributed by atoms with E-state index in [0.717, 1.165) is 23.3 Å².